The Morgan fingerprint density at radius 2 is 1.10 bits per heavy atom. The molecule has 3 aromatic heterocycles. The van der Waals surface area contributed by atoms with Crippen molar-refractivity contribution in [2.75, 3.05) is 4.90 Å². The van der Waals surface area contributed by atoms with E-state index in [1.807, 2.05) is 24.5 Å². The fourth-order valence-corrected chi connectivity index (χ4v) is 14.8. The minimum atomic E-state index is -2.99. The van der Waals surface area contributed by atoms with E-state index in [1.165, 1.54) is 53.7 Å². The van der Waals surface area contributed by atoms with E-state index >= 15 is 0 Å². The van der Waals surface area contributed by atoms with Gasteiger partial charge in [-0.2, -0.15) is 0 Å². The molecule has 4 nitrogen and oxygen atoms in total. The van der Waals surface area contributed by atoms with Gasteiger partial charge in [-0.15, -0.1) is 0 Å². The summed E-state index contributed by atoms with van der Waals surface area (Å²) in [4.78, 5) is 12.3. The van der Waals surface area contributed by atoms with Crippen LogP contribution in [0.4, 0.5) is 17.2 Å². The molecule has 0 N–H and O–H groups in total. The monoisotopic (exact) mass is 786 g/mol. The summed E-state index contributed by atoms with van der Waals surface area (Å²) in [7, 11) is -2.99. The minimum absolute atomic E-state index is 0.391. The van der Waals surface area contributed by atoms with Gasteiger partial charge in [-0.05, 0) is 80.9 Å². The van der Waals surface area contributed by atoms with Crippen molar-refractivity contribution < 1.29 is 0 Å². The first-order valence-corrected chi connectivity index (χ1v) is 22.7. The van der Waals surface area contributed by atoms with Crippen molar-refractivity contribution in [1.29, 1.82) is 0 Å². The Morgan fingerprint density at radius 3 is 1.80 bits per heavy atom. The molecule has 0 aliphatic carbocycles. The second-order valence-corrected chi connectivity index (χ2v) is 20.0. The Balaban J connectivity index is 1.23. The third kappa shape index (κ3) is 5.43. The van der Waals surface area contributed by atoms with Gasteiger partial charge in [0.15, 0.2) is 8.07 Å². The topological polar surface area (TPSA) is 34.0 Å². The second-order valence-electron chi connectivity index (χ2n) is 16.2. The number of hydrogen-bond donors (Lipinski definition) is 0. The highest BCUT2D eigenvalue weighted by Crippen LogP contribution is 2.54. The number of benzene rings is 7. The zero-order chi connectivity index (χ0) is 40.3. The molecule has 1 aliphatic rings. The number of rotatable bonds is 7. The maximum absolute atomic E-state index is 5.09. The van der Waals surface area contributed by atoms with Crippen LogP contribution in [0, 0.1) is 0 Å². The van der Waals surface area contributed by atoms with Gasteiger partial charge in [0.2, 0.25) is 0 Å². The first kappa shape index (κ1) is 35.8. The highest BCUT2D eigenvalue weighted by atomic mass is 28.3. The molecule has 0 saturated carbocycles. The smallest absolute Gasteiger partial charge is 0.179 e. The van der Waals surface area contributed by atoms with Crippen LogP contribution >= 0.6 is 0 Å². The van der Waals surface area contributed by atoms with E-state index in [2.05, 4.69) is 217 Å². The highest BCUT2D eigenvalue weighted by molar-refractivity contribution is 7.20. The normalized spacial score (nSPS) is 13.3. The maximum atomic E-state index is 5.09. The first-order valence-electron chi connectivity index (χ1n) is 20.7. The molecule has 0 atom stereocenters. The molecule has 1 aliphatic heterocycles. The highest BCUT2D eigenvalue weighted by Gasteiger charge is 2.45. The summed E-state index contributed by atoms with van der Waals surface area (Å²) >= 11 is 0. The van der Waals surface area contributed by atoms with Crippen LogP contribution in [0.2, 0.25) is 0 Å². The standard InChI is InChI=1S/C55H42N4Si/c1-55(2)47-33-31-44(60(41-22-8-4-9-23-41,42-24-10-5-11-25-42)43-26-18-19-39(37-43)48-28-14-16-35-56-48)38-51(47)59(52-30-15-17-36-57-52)50-34-32-46-45-27-12-13-29-49(45)58(54(46)53(50)55)40-20-6-3-7-21-40/h3-38H,1-2H3. The van der Waals surface area contributed by atoms with E-state index in [4.69, 9.17) is 9.97 Å². The SMILES string of the molecule is CC1(C)c2ccc([Si](c3ccccc3)(c3ccccc3)c3cccc(-c4ccccn4)c3)cc2N(c2ccccn2)c2ccc3c4ccccc4n(-c4ccccc4)c3c21. The third-order valence-electron chi connectivity index (χ3n) is 12.6. The number of anilines is 3. The summed E-state index contributed by atoms with van der Waals surface area (Å²) in [6.07, 6.45) is 3.79. The Labute approximate surface area is 351 Å². The Morgan fingerprint density at radius 1 is 0.467 bits per heavy atom. The number of hydrogen-bond acceptors (Lipinski definition) is 3. The van der Waals surface area contributed by atoms with Crippen molar-refractivity contribution in [3.05, 3.63) is 230 Å². The molecule has 10 aromatic rings. The molecule has 4 heterocycles. The van der Waals surface area contributed by atoms with Gasteiger partial charge in [-0.3, -0.25) is 9.88 Å². The van der Waals surface area contributed by atoms with Crippen LogP contribution in [-0.4, -0.2) is 22.6 Å². The molecule has 0 amide bonds. The van der Waals surface area contributed by atoms with Crippen LogP contribution in [0.15, 0.2) is 219 Å². The van der Waals surface area contributed by atoms with Gasteiger partial charge in [-0.25, -0.2) is 4.98 Å². The molecule has 0 unspecified atom stereocenters. The Kier molecular flexibility index (Phi) is 8.46. The Bertz CT molecular complexity index is 3120. The molecule has 7 aromatic carbocycles. The van der Waals surface area contributed by atoms with Gasteiger partial charge >= 0.3 is 0 Å². The summed E-state index contributed by atoms with van der Waals surface area (Å²) in [5.74, 6) is 0.887. The van der Waals surface area contributed by atoms with E-state index in [-0.39, 0.29) is 0 Å². The average Bonchev–Trinajstić information content (AvgIpc) is 3.65. The summed E-state index contributed by atoms with van der Waals surface area (Å²) in [5, 5.41) is 7.74. The lowest BCUT2D eigenvalue weighted by atomic mass is 9.72. The molecule has 0 saturated heterocycles. The van der Waals surface area contributed by atoms with E-state index in [9.17, 15) is 0 Å². The largest absolute Gasteiger partial charge is 0.309 e. The molecule has 11 rings (SSSR count). The molecular weight excluding hydrogens is 745 g/mol. The fourth-order valence-electron chi connectivity index (χ4n) is 9.99. The van der Waals surface area contributed by atoms with Crippen molar-refractivity contribution >= 4 is 67.8 Å². The molecule has 0 fully saturated rings. The fraction of sp³-hybridized carbons (Fsp3) is 0.0545. The van der Waals surface area contributed by atoms with Gasteiger partial charge in [0.25, 0.3) is 0 Å². The van der Waals surface area contributed by atoms with Crippen LogP contribution in [0.5, 0.6) is 0 Å². The van der Waals surface area contributed by atoms with Crippen LogP contribution < -0.4 is 25.6 Å². The Hall–Kier alpha value is -7.34. The van der Waals surface area contributed by atoms with Gasteiger partial charge in [0.05, 0.1) is 28.1 Å². The summed E-state index contributed by atoms with van der Waals surface area (Å²) < 4.78 is 2.47. The zero-order valence-electron chi connectivity index (χ0n) is 33.6. The lowest BCUT2D eigenvalue weighted by molar-refractivity contribution is 0.635. The summed E-state index contributed by atoms with van der Waals surface area (Å²) in [5.41, 5.74) is 10.1. The second kappa shape index (κ2) is 14.2. The van der Waals surface area contributed by atoms with E-state index in [1.54, 1.807) is 0 Å². The van der Waals surface area contributed by atoms with E-state index in [0.717, 1.165) is 34.1 Å². The molecular formula is C55H42N4Si. The molecule has 0 radical (unpaired) electrons. The van der Waals surface area contributed by atoms with Crippen LogP contribution in [0.25, 0.3) is 38.8 Å². The van der Waals surface area contributed by atoms with Crippen molar-refractivity contribution in [1.82, 2.24) is 14.5 Å². The van der Waals surface area contributed by atoms with Crippen LogP contribution in [-0.2, 0) is 5.41 Å². The van der Waals surface area contributed by atoms with E-state index in [0.29, 0.717) is 0 Å². The quantitative estimate of drug-likeness (QED) is 0.119. The van der Waals surface area contributed by atoms with Crippen molar-refractivity contribution in [3.63, 3.8) is 0 Å². The molecule has 0 spiro atoms. The summed E-state index contributed by atoms with van der Waals surface area (Å²) in [6, 6.07) is 75.5. The van der Waals surface area contributed by atoms with Crippen molar-refractivity contribution in [2.45, 2.75) is 19.3 Å². The average molecular weight is 787 g/mol. The number of pyridine rings is 2. The maximum Gasteiger partial charge on any atom is 0.179 e. The molecule has 5 heteroatoms. The number of fused-ring (bicyclic) bond motifs is 6. The van der Waals surface area contributed by atoms with Crippen LogP contribution in [0.3, 0.4) is 0 Å². The lowest BCUT2D eigenvalue weighted by Gasteiger charge is -2.43. The lowest BCUT2D eigenvalue weighted by Crippen LogP contribution is -2.74. The van der Waals surface area contributed by atoms with Crippen LogP contribution in [0.1, 0.15) is 25.0 Å². The van der Waals surface area contributed by atoms with Gasteiger partial charge in [0.1, 0.15) is 5.82 Å². The molecule has 286 valence electrons. The predicted molar refractivity (Wildman–Crippen MR) is 252 cm³/mol. The number of aromatic nitrogens is 3. The third-order valence-corrected chi connectivity index (χ3v) is 17.3. The minimum Gasteiger partial charge on any atom is -0.309 e. The predicted octanol–water partition coefficient (Wildman–Crippen LogP) is 10.7. The first-order chi connectivity index (χ1) is 29.5. The van der Waals surface area contributed by atoms with E-state index < -0.39 is 13.5 Å². The summed E-state index contributed by atoms with van der Waals surface area (Å²) in [6.45, 7) is 4.81. The van der Waals surface area contributed by atoms with Gasteiger partial charge in [-0.1, -0.05) is 166 Å². The molecule has 60 heavy (non-hydrogen) atoms. The molecule has 0 bridgehead atoms. The van der Waals surface area contributed by atoms with Crippen molar-refractivity contribution in [2.24, 2.45) is 0 Å². The van der Waals surface area contributed by atoms with Gasteiger partial charge in [0, 0.05) is 45.4 Å². The number of nitrogens with zero attached hydrogens (tertiary/aromatic N) is 4. The number of para-hydroxylation sites is 2. The van der Waals surface area contributed by atoms with Gasteiger partial charge < -0.3 is 4.57 Å². The zero-order valence-corrected chi connectivity index (χ0v) is 34.6. The van der Waals surface area contributed by atoms with Crippen molar-refractivity contribution in [3.8, 4) is 16.9 Å².